The molecule has 0 fully saturated rings. The van der Waals surface area contributed by atoms with Crippen LogP contribution in [0.2, 0.25) is 0 Å². The van der Waals surface area contributed by atoms with Crippen molar-refractivity contribution in [1.29, 1.82) is 0 Å². The summed E-state index contributed by atoms with van der Waals surface area (Å²) in [5, 5.41) is 13.1. The predicted molar refractivity (Wildman–Crippen MR) is 85.6 cm³/mol. The van der Waals surface area contributed by atoms with Gasteiger partial charge in [-0.2, -0.15) is 0 Å². The van der Waals surface area contributed by atoms with Crippen molar-refractivity contribution >= 4 is 34.0 Å². The molecule has 0 saturated heterocycles. The third kappa shape index (κ3) is 2.93. The number of nitrogens with zero attached hydrogens (tertiary/aromatic N) is 1. The summed E-state index contributed by atoms with van der Waals surface area (Å²) in [6.45, 7) is 0. The Hall–Kier alpha value is -4.02. The van der Waals surface area contributed by atoms with Gasteiger partial charge in [-0.25, -0.2) is 4.79 Å². The molecule has 0 spiro atoms. The van der Waals surface area contributed by atoms with Crippen molar-refractivity contribution in [2.45, 2.75) is 0 Å². The quantitative estimate of drug-likeness (QED) is 0.229. The number of nitro groups is 1. The highest BCUT2D eigenvalue weighted by molar-refractivity contribution is 6.48. The first kappa shape index (κ1) is 15.9. The SMILES string of the molecule is O=C(Nc1c[nH]c(=O)[nH]c1=O)C(=O)c1c[nH]c2ccc([N+](=O)[O-])cc12. The topological polar surface area (TPSA) is 171 Å². The second kappa shape index (κ2) is 5.88. The molecule has 0 atom stereocenters. The van der Waals surface area contributed by atoms with Crippen molar-refractivity contribution in [3.8, 4) is 0 Å². The maximum absolute atomic E-state index is 12.3. The van der Waals surface area contributed by atoms with E-state index in [4.69, 9.17) is 0 Å². The number of hydrogen-bond donors (Lipinski definition) is 4. The number of Topliss-reactive ketones (excluding diaryl/α,β-unsaturated/α-hetero) is 1. The molecule has 2 aromatic heterocycles. The van der Waals surface area contributed by atoms with E-state index in [2.05, 4.69) is 15.3 Å². The minimum absolute atomic E-state index is 0.0861. The summed E-state index contributed by atoms with van der Waals surface area (Å²) >= 11 is 0. The van der Waals surface area contributed by atoms with E-state index in [1.165, 1.54) is 24.4 Å². The first-order valence-electron chi connectivity index (χ1n) is 6.80. The number of aromatic amines is 3. The summed E-state index contributed by atoms with van der Waals surface area (Å²) in [5.74, 6) is -2.14. The van der Waals surface area contributed by atoms with Gasteiger partial charge in [0.2, 0.25) is 0 Å². The zero-order chi connectivity index (χ0) is 18.1. The van der Waals surface area contributed by atoms with Crippen molar-refractivity contribution < 1.29 is 14.5 Å². The molecular formula is C14H9N5O6. The van der Waals surface area contributed by atoms with Crippen molar-refractivity contribution in [2.75, 3.05) is 5.32 Å². The van der Waals surface area contributed by atoms with Gasteiger partial charge in [0.05, 0.1) is 10.5 Å². The van der Waals surface area contributed by atoms with Gasteiger partial charge in [-0.05, 0) is 6.07 Å². The van der Waals surface area contributed by atoms with Crippen LogP contribution in [0.4, 0.5) is 11.4 Å². The second-order valence-electron chi connectivity index (χ2n) is 4.96. The van der Waals surface area contributed by atoms with E-state index in [1.54, 1.807) is 0 Å². The van der Waals surface area contributed by atoms with Gasteiger partial charge in [-0.1, -0.05) is 0 Å². The van der Waals surface area contributed by atoms with E-state index in [1.807, 2.05) is 4.98 Å². The van der Waals surface area contributed by atoms with E-state index < -0.39 is 27.9 Å². The van der Waals surface area contributed by atoms with Crippen molar-refractivity contribution in [3.05, 3.63) is 67.1 Å². The van der Waals surface area contributed by atoms with Gasteiger partial charge in [0.25, 0.3) is 22.9 Å². The zero-order valence-corrected chi connectivity index (χ0v) is 12.3. The number of benzene rings is 1. The van der Waals surface area contributed by atoms with Gasteiger partial charge < -0.3 is 15.3 Å². The lowest BCUT2D eigenvalue weighted by Gasteiger charge is -2.02. The molecule has 25 heavy (non-hydrogen) atoms. The average molecular weight is 343 g/mol. The Bertz CT molecular complexity index is 1140. The van der Waals surface area contributed by atoms with Crippen LogP contribution in [0.3, 0.4) is 0 Å². The molecule has 11 heteroatoms. The summed E-state index contributed by atoms with van der Waals surface area (Å²) < 4.78 is 0. The maximum Gasteiger partial charge on any atom is 0.325 e. The number of anilines is 1. The van der Waals surface area contributed by atoms with Gasteiger partial charge in [0, 0.05) is 35.4 Å². The average Bonchev–Trinajstić information content (AvgIpc) is 2.99. The predicted octanol–water partition coefficient (Wildman–Crippen LogP) is 0.274. The molecule has 0 saturated carbocycles. The molecule has 0 bridgehead atoms. The maximum atomic E-state index is 12.3. The summed E-state index contributed by atoms with van der Waals surface area (Å²) in [5.41, 5.74) is -1.85. The Labute approximate surface area is 136 Å². The Morgan fingerprint density at radius 2 is 1.88 bits per heavy atom. The van der Waals surface area contributed by atoms with Gasteiger partial charge >= 0.3 is 5.69 Å². The van der Waals surface area contributed by atoms with Crippen LogP contribution in [-0.2, 0) is 4.79 Å². The number of H-pyrrole nitrogens is 3. The number of aromatic nitrogens is 3. The van der Waals surface area contributed by atoms with Crippen molar-refractivity contribution in [1.82, 2.24) is 15.0 Å². The van der Waals surface area contributed by atoms with Crippen LogP contribution >= 0.6 is 0 Å². The van der Waals surface area contributed by atoms with Gasteiger partial charge in [0.15, 0.2) is 0 Å². The van der Waals surface area contributed by atoms with Crippen LogP contribution in [0.1, 0.15) is 10.4 Å². The fourth-order valence-electron chi connectivity index (χ4n) is 2.21. The minimum atomic E-state index is -1.13. The fourth-order valence-corrected chi connectivity index (χ4v) is 2.21. The molecule has 0 radical (unpaired) electrons. The van der Waals surface area contributed by atoms with Crippen LogP contribution in [0.5, 0.6) is 0 Å². The third-order valence-electron chi connectivity index (χ3n) is 3.39. The molecule has 0 aliphatic heterocycles. The van der Waals surface area contributed by atoms with Crippen LogP contribution in [0.25, 0.3) is 10.9 Å². The van der Waals surface area contributed by atoms with Crippen LogP contribution < -0.4 is 16.6 Å². The zero-order valence-electron chi connectivity index (χ0n) is 12.3. The molecule has 0 aliphatic carbocycles. The van der Waals surface area contributed by atoms with Gasteiger partial charge in [-0.3, -0.25) is 29.5 Å². The smallest absolute Gasteiger partial charge is 0.325 e. The van der Waals surface area contributed by atoms with E-state index in [0.717, 1.165) is 6.20 Å². The number of nitrogens with one attached hydrogen (secondary N) is 4. The fraction of sp³-hybridized carbons (Fsp3) is 0. The number of fused-ring (bicyclic) bond motifs is 1. The first-order valence-corrected chi connectivity index (χ1v) is 6.80. The van der Waals surface area contributed by atoms with Gasteiger partial charge in [0.1, 0.15) is 5.69 Å². The summed E-state index contributed by atoms with van der Waals surface area (Å²) in [7, 11) is 0. The van der Waals surface area contributed by atoms with Crippen molar-refractivity contribution in [3.63, 3.8) is 0 Å². The Morgan fingerprint density at radius 1 is 1.12 bits per heavy atom. The number of non-ortho nitro benzene ring substituents is 1. The molecule has 2 heterocycles. The highest BCUT2D eigenvalue weighted by Gasteiger charge is 2.22. The molecule has 4 N–H and O–H groups in total. The lowest BCUT2D eigenvalue weighted by atomic mass is 10.1. The van der Waals surface area contributed by atoms with E-state index >= 15 is 0 Å². The molecule has 11 nitrogen and oxygen atoms in total. The lowest BCUT2D eigenvalue weighted by molar-refractivity contribution is -0.384. The van der Waals surface area contributed by atoms with Gasteiger partial charge in [-0.15, -0.1) is 0 Å². The molecule has 0 unspecified atom stereocenters. The summed E-state index contributed by atoms with van der Waals surface area (Å²) in [6, 6.07) is 3.83. The largest absolute Gasteiger partial charge is 0.360 e. The number of hydrogen-bond acceptors (Lipinski definition) is 6. The molecule has 3 rings (SSSR count). The molecular weight excluding hydrogens is 334 g/mol. The normalized spacial score (nSPS) is 10.6. The summed E-state index contributed by atoms with van der Waals surface area (Å²) in [6.07, 6.45) is 2.19. The Morgan fingerprint density at radius 3 is 2.56 bits per heavy atom. The standard InChI is InChI=1S/C14H9N5O6/c20-11(13(22)17-10-5-16-14(23)18-12(10)21)8-4-15-9-2-1-6(19(24)25)3-7(8)9/h1-5,15H,(H,17,22)(H2,16,18,21,23). The number of rotatable bonds is 4. The molecule has 1 aromatic carbocycles. The minimum Gasteiger partial charge on any atom is -0.360 e. The lowest BCUT2D eigenvalue weighted by Crippen LogP contribution is -2.29. The molecule has 126 valence electrons. The van der Waals surface area contributed by atoms with Crippen LogP contribution in [0.15, 0.2) is 40.2 Å². The Kier molecular flexibility index (Phi) is 3.73. The number of nitro benzene ring substituents is 1. The number of ketones is 1. The highest BCUT2D eigenvalue weighted by Crippen LogP contribution is 2.24. The van der Waals surface area contributed by atoms with E-state index in [0.29, 0.717) is 5.52 Å². The number of amides is 1. The second-order valence-corrected chi connectivity index (χ2v) is 4.96. The molecule has 1 amide bonds. The molecule has 3 aromatic rings. The van der Waals surface area contributed by atoms with Crippen LogP contribution in [0, 0.1) is 10.1 Å². The van der Waals surface area contributed by atoms with E-state index in [9.17, 15) is 29.3 Å². The molecule has 0 aliphatic rings. The summed E-state index contributed by atoms with van der Waals surface area (Å²) in [4.78, 5) is 63.8. The number of carbonyl (C=O) groups excluding carboxylic acids is 2. The third-order valence-corrected chi connectivity index (χ3v) is 3.39. The van der Waals surface area contributed by atoms with E-state index in [-0.39, 0.29) is 22.3 Å². The highest BCUT2D eigenvalue weighted by atomic mass is 16.6. The first-order chi connectivity index (χ1) is 11.9. The van der Waals surface area contributed by atoms with Crippen molar-refractivity contribution in [2.24, 2.45) is 0 Å². The van der Waals surface area contributed by atoms with Crippen LogP contribution in [-0.4, -0.2) is 31.6 Å². The monoisotopic (exact) mass is 343 g/mol. The number of carbonyl (C=O) groups is 2. The Balaban J connectivity index is 1.94.